The number of halogens is 1. The number of aromatic nitrogens is 2. The second kappa shape index (κ2) is 6.55. The Bertz CT molecular complexity index is 720. The number of fused-ring (bicyclic) bond motifs is 1. The van der Waals surface area contributed by atoms with Crippen LogP contribution in [-0.2, 0) is 24.2 Å². The van der Waals surface area contributed by atoms with Gasteiger partial charge in [0.1, 0.15) is 16.6 Å². The molecular formula is C18H22ClN3O2. The van der Waals surface area contributed by atoms with E-state index in [1.54, 1.807) is 4.90 Å². The third kappa shape index (κ3) is 3.96. The Labute approximate surface area is 147 Å². The lowest BCUT2D eigenvalue weighted by Gasteiger charge is -2.23. The number of ether oxygens (including phenoxy) is 1. The number of allylic oxidation sites excluding steroid dienone is 4. The highest BCUT2D eigenvalue weighted by Crippen LogP contribution is 2.28. The maximum atomic E-state index is 12.2. The Morgan fingerprint density at radius 2 is 2.08 bits per heavy atom. The van der Waals surface area contributed by atoms with E-state index in [1.165, 1.54) is 5.57 Å². The summed E-state index contributed by atoms with van der Waals surface area (Å²) in [6, 6.07) is 0. The predicted molar refractivity (Wildman–Crippen MR) is 92.7 cm³/mol. The number of hydrogen-bond donors (Lipinski definition) is 0. The van der Waals surface area contributed by atoms with Crippen LogP contribution in [0.5, 0.6) is 0 Å². The average molecular weight is 348 g/mol. The molecule has 0 atom stereocenters. The van der Waals surface area contributed by atoms with E-state index in [0.29, 0.717) is 30.5 Å². The largest absolute Gasteiger partial charge is 0.444 e. The number of carbonyl (C=O) groups is 1. The Kier molecular flexibility index (Phi) is 4.63. The summed E-state index contributed by atoms with van der Waals surface area (Å²) in [6.07, 6.45) is 8.93. The van der Waals surface area contributed by atoms with Gasteiger partial charge >= 0.3 is 6.09 Å². The van der Waals surface area contributed by atoms with Gasteiger partial charge in [0.05, 0.1) is 18.8 Å². The van der Waals surface area contributed by atoms with E-state index in [0.717, 1.165) is 24.1 Å². The van der Waals surface area contributed by atoms with E-state index in [1.807, 2.05) is 20.8 Å². The van der Waals surface area contributed by atoms with Crippen LogP contribution in [0.2, 0.25) is 5.15 Å². The van der Waals surface area contributed by atoms with Gasteiger partial charge in [0.15, 0.2) is 0 Å². The third-order valence-corrected chi connectivity index (χ3v) is 4.18. The molecule has 0 saturated carbocycles. The lowest BCUT2D eigenvalue weighted by molar-refractivity contribution is 0.0240. The molecule has 0 saturated heterocycles. The van der Waals surface area contributed by atoms with Crippen molar-refractivity contribution >= 4 is 17.7 Å². The van der Waals surface area contributed by atoms with Gasteiger partial charge in [-0.3, -0.25) is 4.90 Å². The number of rotatable bonds is 2. The highest BCUT2D eigenvalue weighted by atomic mass is 35.5. The first-order chi connectivity index (χ1) is 11.3. The molecule has 0 unspecified atom stereocenters. The first-order valence-electron chi connectivity index (χ1n) is 8.19. The van der Waals surface area contributed by atoms with Gasteiger partial charge in [0, 0.05) is 12.0 Å². The minimum Gasteiger partial charge on any atom is -0.444 e. The van der Waals surface area contributed by atoms with Crippen molar-refractivity contribution in [1.29, 1.82) is 0 Å². The summed E-state index contributed by atoms with van der Waals surface area (Å²) < 4.78 is 5.42. The Hall–Kier alpha value is -1.88. The molecule has 1 aliphatic carbocycles. The molecule has 128 valence electrons. The molecular weight excluding hydrogens is 326 g/mol. The van der Waals surface area contributed by atoms with Crippen molar-refractivity contribution in [3.63, 3.8) is 0 Å². The molecule has 3 rings (SSSR count). The van der Waals surface area contributed by atoms with Crippen LogP contribution in [0.25, 0.3) is 0 Å². The highest BCUT2D eigenvalue weighted by molar-refractivity contribution is 6.30. The predicted octanol–water partition coefficient (Wildman–Crippen LogP) is 4.20. The van der Waals surface area contributed by atoms with Crippen molar-refractivity contribution in [3.05, 3.63) is 46.0 Å². The average Bonchev–Trinajstić information content (AvgIpc) is 2.91. The number of nitrogens with zero attached hydrogens (tertiary/aromatic N) is 3. The second-order valence-corrected chi connectivity index (χ2v) is 7.49. The standard InChI is InChI=1S/C18H22ClN3O2/c1-18(2,3)24-17(23)22-10-13-14(11-22)20-15(21-16(13)19)9-12-7-5-4-6-8-12/h5,7-8H,4,6,9-11H2,1-3H3. The molecule has 6 heteroatoms. The zero-order valence-corrected chi connectivity index (χ0v) is 15.1. The summed E-state index contributed by atoms with van der Waals surface area (Å²) in [5.74, 6) is 0.697. The van der Waals surface area contributed by atoms with Gasteiger partial charge in [-0.1, -0.05) is 29.8 Å². The van der Waals surface area contributed by atoms with Crippen LogP contribution in [0, 0.1) is 0 Å². The van der Waals surface area contributed by atoms with E-state index in [-0.39, 0.29) is 6.09 Å². The number of carbonyl (C=O) groups excluding carboxylic acids is 1. The summed E-state index contributed by atoms with van der Waals surface area (Å²) >= 11 is 6.33. The van der Waals surface area contributed by atoms with Crippen LogP contribution in [0.4, 0.5) is 4.79 Å². The van der Waals surface area contributed by atoms with Crippen molar-refractivity contribution in [2.24, 2.45) is 0 Å². The van der Waals surface area contributed by atoms with Gasteiger partial charge in [-0.25, -0.2) is 14.8 Å². The summed E-state index contributed by atoms with van der Waals surface area (Å²) in [7, 11) is 0. The molecule has 2 aliphatic rings. The molecule has 0 fully saturated rings. The molecule has 1 aromatic rings. The third-order valence-electron chi connectivity index (χ3n) is 3.86. The van der Waals surface area contributed by atoms with Gasteiger partial charge in [-0.05, 0) is 39.2 Å². The Morgan fingerprint density at radius 1 is 1.29 bits per heavy atom. The lowest BCUT2D eigenvalue weighted by Crippen LogP contribution is -2.33. The zero-order chi connectivity index (χ0) is 17.3. The van der Waals surface area contributed by atoms with Gasteiger partial charge in [0.25, 0.3) is 0 Å². The van der Waals surface area contributed by atoms with Crippen LogP contribution in [0.3, 0.4) is 0 Å². The highest BCUT2D eigenvalue weighted by Gasteiger charge is 2.31. The maximum Gasteiger partial charge on any atom is 0.410 e. The SMILES string of the molecule is CC(C)(C)OC(=O)N1Cc2nc(CC3=CCCC=C3)nc(Cl)c2C1. The summed E-state index contributed by atoms with van der Waals surface area (Å²) in [6.45, 7) is 6.36. The van der Waals surface area contributed by atoms with Crippen molar-refractivity contribution in [3.8, 4) is 0 Å². The molecule has 24 heavy (non-hydrogen) atoms. The molecule has 2 heterocycles. The van der Waals surface area contributed by atoms with Crippen LogP contribution in [-0.4, -0.2) is 26.6 Å². The number of hydrogen-bond acceptors (Lipinski definition) is 4. The molecule has 0 radical (unpaired) electrons. The molecule has 1 amide bonds. The first-order valence-corrected chi connectivity index (χ1v) is 8.57. The van der Waals surface area contributed by atoms with Crippen LogP contribution in [0.1, 0.15) is 50.7 Å². The number of amides is 1. The normalized spacial score (nSPS) is 16.8. The molecule has 0 spiro atoms. The second-order valence-electron chi connectivity index (χ2n) is 7.13. The Morgan fingerprint density at radius 3 is 2.75 bits per heavy atom. The maximum absolute atomic E-state index is 12.2. The summed E-state index contributed by atoms with van der Waals surface area (Å²) in [5.41, 5.74) is 2.32. The van der Waals surface area contributed by atoms with Crippen molar-refractivity contribution in [2.75, 3.05) is 0 Å². The van der Waals surface area contributed by atoms with Crippen LogP contribution in [0.15, 0.2) is 23.8 Å². The summed E-state index contributed by atoms with van der Waals surface area (Å²) in [5, 5.41) is 0.432. The van der Waals surface area contributed by atoms with E-state index in [2.05, 4.69) is 28.2 Å². The first kappa shape index (κ1) is 17.0. The summed E-state index contributed by atoms with van der Waals surface area (Å²) in [4.78, 5) is 22.9. The monoisotopic (exact) mass is 347 g/mol. The minimum atomic E-state index is -0.522. The molecule has 0 bridgehead atoms. The fraction of sp³-hybridized carbons (Fsp3) is 0.500. The molecule has 0 N–H and O–H groups in total. The zero-order valence-electron chi connectivity index (χ0n) is 14.3. The fourth-order valence-corrected chi connectivity index (χ4v) is 3.05. The van der Waals surface area contributed by atoms with E-state index >= 15 is 0 Å². The lowest BCUT2D eigenvalue weighted by atomic mass is 10.0. The van der Waals surface area contributed by atoms with E-state index in [9.17, 15) is 4.79 Å². The van der Waals surface area contributed by atoms with Gasteiger partial charge in [-0.15, -0.1) is 0 Å². The van der Waals surface area contributed by atoms with Gasteiger partial charge in [0.2, 0.25) is 0 Å². The van der Waals surface area contributed by atoms with Crippen molar-refractivity contribution in [2.45, 2.75) is 58.7 Å². The van der Waals surface area contributed by atoms with Crippen molar-refractivity contribution < 1.29 is 9.53 Å². The van der Waals surface area contributed by atoms with E-state index in [4.69, 9.17) is 16.3 Å². The molecule has 0 aromatic carbocycles. The van der Waals surface area contributed by atoms with Crippen LogP contribution >= 0.6 is 11.6 Å². The Balaban J connectivity index is 1.74. The van der Waals surface area contributed by atoms with Crippen LogP contribution < -0.4 is 0 Å². The molecule has 5 nitrogen and oxygen atoms in total. The smallest absolute Gasteiger partial charge is 0.410 e. The quantitative estimate of drug-likeness (QED) is 0.752. The van der Waals surface area contributed by atoms with E-state index < -0.39 is 5.60 Å². The van der Waals surface area contributed by atoms with Crippen molar-refractivity contribution in [1.82, 2.24) is 14.9 Å². The van der Waals surface area contributed by atoms with Gasteiger partial charge < -0.3 is 4.74 Å². The fourth-order valence-electron chi connectivity index (χ4n) is 2.78. The topological polar surface area (TPSA) is 55.3 Å². The molecule has 1 aromatic heterocycles. The van der Waals surface area contributed by atoms with Gasteiger partial charge in [-0.2, -0.15) is 0 Å². The minimum absolute atomic E-state index is 0.351. The molecule has 1 aliphatic heterocycles.